The molecule has 3 aliphatic heterocycles. The fourth-order valence-electron chi connectivity index (χ4n) is 6.67. The van der Waals surface area contributed by atoms with Gasteiger partial charge in [-0.1, -0.05) is 6.07 Å². The molecule has 2 saturated heterocycles. The van der Waals surface area contributed by atoms with E-state index in [0.717, 1.165) is 35.2 Å². The van der Waals surface area contributed by atoms with Gasteiger partial charge in [0, 0.05) is 50.7 Å². The monoisotopic (exact) mass is 487 g/mol. The number of nitrogens with one attached hydrogen (secondary N) is 2. The standard InChI is InChI=1S/C26H28FN8O/c1-33-23(36-2)20(14-35(33)16-26(35)9-10-30-25(15-26)7-8-25)31-24-29-13-19(27)22(32-24)34-11-6-18-17(12-28)4-3-5-21(18)34/h3-6,11,13-14,23,30H,7-10,15-16H2,1-2H3,(H,29,31,32)/q+1. The number of nitrogens with zero attached hydrogens (tertiary/aromatic N) is 6. The van der Waals surface area contributed by atoms with Gasteiger partial charge in [0.25, 0.3) is 0 Å². The summed E-state index contributed by atoms with van der Waals surface area (Å²) in [5.74, 6) is -0.120. The normalized spacial score (nSPS) is 30.2. The second-order valence-corrected chi connectivity index (χ2v) is 10.6. The fourth-order valence-corrected chi connectivity index (χ4v) is 6.67. The van der Waals surface area contributed by atoms with Crippen molar-refractivity contribution >= 4 is 16.9 Å². The molecule has 10 heteroatoms. The van der Waals surface area contributed by atoms with E-state index in [1.54, 1.807) is 36.1 Å². The Hall–Kier alpha value is -3.36. The van der Waals surface area contributed by atoms with E-state index < -0.39 is 5.82 Å². The Bertz CT molecular complexity index is 1470. The minimum atomic E-state index is -0.543. The van der Waals surface area contributed by atoms with Crippen molar-refractivity contribution < 1.29 is 13.7 Å². The molecule has 3 atom stereocenters. The first kappa shape index (κ1) is 21.9. The van der Waals surface area contributed by atoms with E-state index in [4.69, 9.17) is 4.74 Å². The van der Waals surface area contributed by atoms with Crippen LogP contribution in [0.3, 0.4) is 0 Å². The molecule has 4 aliphatic rings. The molecule has 0 amide bonds. The molecular weight excluding hydrogens is 459 g/mol. The number of hydrogen-bond donors (Lipinski definition) is 2. The third kappa shape index (κ3) is 2.94. The maximum atomic E-state index is 14.9. The van der Waals surface area contributed by atoms with Crippen LogP contribution < -0.4 is 10.6 Å². The molecule has 3 fully saturated rings. The summed E-state index contributed by atoms with van der Waals surface area (Å²) in [6.45, 7) is 2.11. The van der Waals surface area contributed by atoms with Gasteiger partial charge in [0.1, 0.15) is 11.9 Å². The lowest BCUT2D eigenvalue weighted by Crippen LogP contribution is -2.52. The Morgan fingerprint density at radius 2 is 2.17 bits per heavy atom. The van der Waals surface area contributed by atoms with Gasteiger partial charge in [0.05, 0.1) is 23.3 Å². The van der Waals surface area contributed by atoms with Gasteiger partial charge < -0.3 is 15.4 Å². The number of hydrogen-bond acceptors (Lipinski definition) is 7. The molecule has 0 bridgehead atoms. The molecule has 1 aromatic carbocycles. The first-order valence-corrected chi connectivity index (χ1v) is 12.4. The van der Waals surface area contributed by atoms with E-state index in [2.05, 4.69) is 44.9 Å². The number of ether oxygens (including phenoxy) is 1. The lowest BCUT2D eigenvalue weighted by Gasteiger charge is -2.34. The molecule has 2 aromatic heterocycles. The average Bonchev–Trinajstić information content (AvgIpc) is 3.65. The highest BCUT2D eigenvalue weighted by Gasteiger charge is 2.78. The number of aromatic nitrogens is 3. The van der Waals surface area contributed by atoms with Gasteiger partial charge in [-0.3, -0.25) is 4.57 Å². The third-order valence-electron chi connectivity index (χ3n) is 8.67. The molecule has 5 heterocycles. The Kier molecular flexibility index (Phi) is 4.46. The number of likely N-dealkylation sites (N-methyl/N-ethyl adjacent to an activating group) is 1. The first-order chi connectivity index (χ1) is 17.4. The van der Waals surface area contributed by atoms with Gasteiger partial charge in [-0.15, -0.1) is 5.01 Å². The summed E-state index contributed by atoms with van der Waals surface area (Å²) >= 11 is 0. The van der Waals surface area contributed by atoms with Crippen molar-refractivity contribution in [2.75, 3.05) is 32.6 Å². The molecule has 7 rings (SSSR count). The summed E-state index contributed by atoms with van der Waals surface area (Å²) in [6.07, 6.45) is 9.69. The second-order valence-electron chi connectivity index (χ2n) is 10.6. The Morgan fingerprint density at radius 1 is 1.31 bits per heavy atom. The van der Waals surface area contributed by atoms with Crippen molar-refractivity contribution in [2.45, 2.75) is 43.0 Å². The van der Waals surface area contributed by atoms with E-state index in [0.29, 0.717) is 22.6 Å². The molecular formula is C26H28FN8O+. The van der Waals surface area contributed by atoms with Crippen LogP contribution in [0.5, 0.6) is 0 Å². The van der Waals surface area contributed by atoms with Crippen molar-refractivity contribution in [2.24, 2.45) is 0 Å². The van der Waals surface area contributed by atoms with Crippen LogP contribution in [0, 0.1) is 17.1 Å². The Labute approximate surface area is 208 Å². The van der Waals surface area contributed by atoms with E-state index in [1.807, 2.05) is 6.07 Å². The summed E-state index contributed by atoms with van der Waals surface area (Å²) in [5.41, 5.74) is 2.64. The minimum absolute atomic E-state index is 0.125. The number of fused-ring (bicyclic) bond motifs is 2. The number of piperidine rings is 1. The number of halogens is 1. The van der Waals surface area contributed by atoms with Gasteiger partial charge in [-0.2, -0.15) is 14.8 Å². The molecule has 184 valence electrons. The Morgan fingerprint density at radius 3 is 2.94 bits per heavy atom. The van der Waals surface area contributed by atoms with E-state index in [1.165, 1.54) is 25.5 Å². The highest BCUT2D eigenvalue weighted by atomic mass is 19.1. The first-order valence-electron chi connectivity index (χ1n) is 12.4. The van der Waals surface area contributed by atoms with Crippen LogP contribution in [0.25, 0.3) is 16.7 Å². The molecule has 0 radical (unpaired) electrons. The van der Waals surface area contributed by atoms with Crippen LogP contribution in [0.4, 0.5) is 10.3 Å². The minimum Gasteiger partial charge on any atom is -0.356 e. The van der Waals surface area contributed by atoms with Gasteiger partial charge >= 0.3 is 0 Å². The van der Waals surface area contributed by atoms with Crippen LogP contribution in [0.1, 0.15) is 31.2 Å². The Balaban J connectivity index is 1.22. The smallest absolute Gasteiger partial charge is 0.229 e. The highest BCUT2D eigenvalue weighted by molar-refractivity contribution is 5.87. The number of methoxy groups -OCH3 is 1. The van der Waals surface area contributed by atoms with E-state index in [-0.39, 0.29) is 17.6 Å². The number of quaternary nitrogens is 1. The van der Waals surface area contributed by atoms with Crippen LogP contribution in [0.2, 0.25) is 0 Å². The fraction of sp³-hybridized carbons (Fsp3) is 0.423. The number of anilines is 1. The van der Waals surface area contributed by atoms with Crippen molar-refractivity contribution in [1.29, 1.82) is 5.26 Å². The van der Waals surface area contributed by atoms with Crippen LogP contribution in [-0.4, -0.2) is 68.7 Å². The largest absolute Gasteiger partial charge is 0.356 e. The van der Waals surface area contributed by atoms with Gasteiger partial charge in [0.2, 0.25) is 12.2 Å². The summed E-state index contributed by atoms with van der Waals surface area (Å²) in [5, 5.41) is 19.5. The van der Waals surface area contributed by atoms with Gasteiger partial charge in [-0.25, -0.2) is 9.37 Å². The zero-order valence-corrected chi connectivity index (χ0v) is 20.3. The van der Waals surface area contributed by atoms with E-state index in [9.17, 15) is 9.65 Å². The SMILES string of the molecule is COC1C(Nc2ncc(F)c(-n3ccc4c(C#N)cccc43)n2)=C[N+]2(CC23CCNC2(CC2)C3)N1C. The maximum absolute atomic E-state index is 14.9. The predicted molar refractivity (Wildman–Crippen MR) is 131 cm³/mol. The molecule has 1 aliphatic carbocycles. The molecule has 3 unspecified atom stereocenters. The van der Waals surface area contributed by atoms with Crippen molar-refractivity contribution in [3.05, 3.63) is 59.9 Å². The highest BCUT2D eigenvalue weighted by Crippen LogP contribution is 2.60. The van der Waals surface area contributed by atoms with Crippen molar-refractivity contribution in [3.63, 3.8) is 0 Å². The molecule has 9 nitrogen and oxygen atoms in total. The van der Waals surface area contributed by atoms with Crippen molar-refractivity contribution in [3.8, 4) is 11.9 Å². The number of nitriles is 1. The summed E-state index contributed by atoms with van der Waals surface area (Å²) in [6, 6.07) is 9.37. The van der Waals surface area contributed by atoms with Gasteiger partial charge in [-0.05, 0) is 31.0 Å². The van der Waals surface area contributed by atoms with Crippen LogP contribution in [-0.2, 0) is 4.74 Å². The zero-order chi connectivity index (χ0) is 24.7. The lowest BCUT2D eigenvalue weighted by atomic mass is 9.90. The van der Waals surface area contributed by atoms with Crippen LogP contribution >= 0.6 is 0 Å². The molecule has 36 heavy (non-hydrogen) atoms. The quantitative estimate of drug-likeness (QED) is 0.432. The summed E-state index contributed by atoms with van der Waals surface area (Å²) < 4.78 is 23.2. The molecule has 3 aromatic rings. The third-order valence-corrected chi connectivity index (χ3v) is 8.67. The summed E-state index contributed by atoms with van der Waals surface area (Å²) in [7, 11) is 3.81. The molecule has 2 N–H and O–H groups in total. The molecule has 3 spiro atoms. The van der Waals surface area contributed by atoms with Crippen molar-refractivity contribution in [1.82, 2.24) is 24.9 Å². The topological polar surface area (TPSA) is 91.0 Å². The second kappa shape index (κ2) is 7.33. The van der Waals surface area contributed by atoms with Gasteiger partial charge in [0.15, 0.2) is 23.7 Å². The summed E-state index contributed by atoms with van der Waals surface area (Å²) in [4.78, 5) is 8.76. The van der Waals surface area contributed by atoms with E-state index >= 15 is 0 Å². The predicted octanol–water partition coefficient (Wildman–Crippen LogP) is 3.00. The zero-order valence-electron chi connectivity index (χ0n) is 20.3. The lowest BCUT2D eigenvalue weighted by molar-refractivity contribution is -0.901. The maximum Gasteiger partial charge on any atom is 0.229 e. The number of rotatable bonds is 4. The molecule has 1 saturated carbocycles. The van der Waals surface area contributed by atoms with Crippen LogP contribution in [0.15, 0.2) is 48.6 Å². The average molecular weight is 488 g/mol. The number of benzene rings is 1.